The third kappa shape index (κ3) is 3.32. The number of carbonyl (C=O) groups excluding carboxylic acids is 1. The first-order valence-corrected chi connectivity index (χ1v) is 7.18. The Kier molecular flexibility index (Phi) is 4.35. The third-order valence-corrected chi connectivity index (χ3v) is 3.59. The van der Waals surface area contributed by atoms with Crippen LogP contribution in [0.5, 0.6) is 0 Å². The summed E-state index contributed by atoms with van der Waals surface area (Å²) in [4.78, 5) is 12.3. The van der Waals surface area contributed by atoms with Gasteiger partial charge in [-0.15, -0.1) is 0 Å². The topological polar surface area (TPSA) is 55.1 Å². The van der Waals surface area contributed by atoms with E-state index in [1.165, 1.54) is 0 Å². The van der Waals surface area contributed by atoms with Gasteiger partial charge in [-0.2, -0.15) is 0 Å². The van der Waals surface area contributed by atoms with Crippen molar-refractivity contribution in [2.45, 2.75) is 13.8 Å². The van der Waals surface area contributed by atoms with Gasteiger partial charge in [0.1, 0.15) is 0 Å². The minimum atomic E-state index is -0.229. The first-order valence-electron chi connectivity index (χ1n) is 6.01. The monoisotopic (exact) mass is 352 g/mol. The van der Waals surface area contributed by atoms with Crippen LogP contribution in [-0.2, 0) is 0 Å². The second-order valence-electron chi connectivity index (χ2n) is 4.64. The normalized spacial score (nSPS) is 10.4. The molecule has 20 heavy (non-hydrogen) atoms. The molecule has 0 aliphatic carbocycles. The number of nitrogens with two attached hydrogens (primary N) is 1. The number of carbonyl (C=O) groups is 1. The van der Waals surface area contributed by atoms with Crippen LogP contribution >= 0.6 is 27.5 Å². The summed E-state index contributed by atoms with van der Waals surface area (Å²) in [7, 11) is 0. The first-order chi connectivity index (χ1) is 9.36. The Morgan fingerprint density at radius 3 is 2.30 bits per heavy atom. The predicted molar refractivity (Wildman–Crippen MR) is 87.4 cm³/mol. The number of nitrogens with one attached hydrogen (secondary N) is 1. The van der Waals surface area contributed by atoms with Gasteiger partial charge in [0.2, 0.25) is 0 Å². The molecule has 0 unspecified atom stereocenters. The summed E-state index contributed by atoms with van der Waals surface area (Å²) in [5.41, 5.74) is 9.38. The van der Waals surface area contributed by atoms with E-state index in [1.807, 2.05) is 26.0 Å². The molecule has 0 radical (unpaired) electrons. The third-order valence-electron chi connectivity index (χ3n) is 2.92. The van der Waals surface area contributed by atoms with Crippen molar-refractivity contribution in [3.05, 3.63) is 56.5 Å². The maximum absolute atomic E-state index is 12.3. The van der Waals surface area contributed by atoms with Crippen LogP contribution in [0.1, 0.15) is 21.5 Å². The summed E-state index contributed by atoms with van der Waals surface area (Å²) >= 11 is 9.34. The number of aryl methyl sites for hydroxylation is 2. The molecule has 3 N–H and O–H groups in total. The summed E-state index contributed by atoms with van der Waals surface area (Å²) in [6.07, 6.45) is 0. The quantitative estimate of drug-likeness (QED) is 0.778. The van der Waals surface area contributed by atoms with Crippen LogP contribution in [0, 0.1) is 13.8 Å². The van der Waals surface area contributed by atoms with Gasteiger partial charge >= 0.3 is 0 Å². The molecule has 1 amide bonds. The number of rotatable bonds is 2. The Morgan fingerprint density at radius 1 is 1.15 bits per heavy atom. The highest BCUT2D eigenvalue weighted by molar-refractivity contribution is 9.10. The van der Waals surface area contributed by atoms with Crippen molar-refractivity contribution in [1.29, 1.82) is 0 Å². The van der Waals surface area contributed by atoms with E-state index in [0.29, 0.717) is 16.3 Å². The van der Waals surface area contributed by atoms with Crippen LogP contribution < -0.4 is 11.1 Å². The molecule has 5 heteroatoms. The van der Waals surface area contributed by atoms with Gasteiger partial charge in [-0.3, -0.25) is 4.79 Å². The molecule has 0 saturated carbocycles. The van der Waals surface area contributed by atoms with Gasteiger partial charge in [0, 0.05) is 26.4 Å². The van der Waals surface area contributed by atoms with E-state index in [0.717, 1.165) is 21.3 Å². The van der Waals surface area contributed by atoms with Gasteiger partial charge in [-0.05, 0) is 55.3 Å². The van der Waals surface area contributed by atoms with E-state index < -0.39 is 0 Å². The van der Waals surface area contributed by atoms with Gasteiger partial charge in [-0.1, -0.05) is 27.5 Å². The largest absolute Gasteiger partial charge is 0.399 e. The molecule has 2 aromatic rings. The van der Waals surface area contributed by atoms with Crippen molar-refractivity contribution in [3.8, 4) is 0 Å². The molecule has 3 nitrogen and oxygen atoms in total. The molecule has 0 heterocycles. The zero-order chi connectivity index (χ0) is 14.9. The molecule has 2 rings (SSSR count). The van der Waals surface area contributed by atoms with Gasteiger partial charge in [-0.25, -0.2) is 0 Å². The van der Waals surface area contributed by atoms with E-state index in [1.54, 1.807) is 18.2 Å². The van der Waals surface area contributed by atoms with Crippen LogP contribution in [0.15, 0.2) is 34.8 Å². The summed E-state index contributed by atoms with van der Waals surface area (Å²) in [6.45, 7) is 3.89. The van der Waals surface area contributed by atoms with Gasteiger partial charge < -0.3 is 11.1 Å². The second kappa shape index (κ2) is 5.85. The number of hydrogen-bond acceptors (Lipinski definition) is 2. The number of anilines is 2. The fourth-order valence-electron chi connectivity index (χ4n) is 2.04. The van der Waals surface area contributed by atoms with E-state index in [-0.39, 0.29) is 5.91 Å². The highest BCUT2D eigenvalue weighted by Crippen LogP contribution is 2.26. The van der Waals surface area contributed by atoms with E-state index in [2.05, 4.69) is 21.2 Å². The summed E-state index contributed by atoms with van der Waals surface area (Å²) in [6, 6.07) is 8.71. The van der Waals surface area contributed by atoms with Crippen LogP contribution in [0.2, 0.25) is 5.02 Å². The standard InChI is InChI=1S/C15H14BrClN2O/c1-8-3-11(16)4-9(2)14(8)19-15(20)10-5-12(17)7-13(18)6-10/h3-7H,18H2,1-2H3,(H,19,20). The summed E-state index contributed by atoms with van der Waals surface area (Å²) in [5, 5.41) is 3.35. The van der Waals surface area contributed by atoms with Gasteiger partial charge in [0.15, 0.2) is 0 Å². The lowest BCUT2D eigenvalue weighted by atomic mass is 10.1. The molecule has 104 valence electrons. The van der Waals surface area contributed by atoms with E-state index in [4.69, 9.17) is 17.3 Å². The number of benzene rings is 2. The zero-order valence-electron chi connectivity index (χ0n) is 11.1. The highest BCUT2D eigenvalue weighted by Gasteiger charge is 2.11. The maximum Gasteiger partial charge on any atom is 0.255 e. The van der Waals surface area contributed by atoms with Crippen LogP contribution in [-0.4, -0.2) is 5.91 Å². The fourth-order valence-corrected chi connectivity index (χ4v) is 2.97. The van der Waals surface area contributed by atoms with Crippen LogP contribution in [0.25, 0.3) is 0 Å². The molecule has 0 aliphatic rings. The Bertz CT molecular complexity index is 642. The molecule has 0 spiro atoms. The van der Waals surface area contributed by atoms with Gasteiger partial charge in [0.05, 0.1) is 0 Å². The van der Waals surface area contributed by atoms with Crippen molar-refractivity contribution in [1.82, 2.24) is 0 Å². The molecular formula is C15H14BrClN2O. The molecular weight excluding hydrogens is 340 g/mol. The Balaban J connectivity index is 2.32. The molecule has 2 aromatic carbocycles. The Labute approximate surface area is 131 Å². The summed E-state index contributed by atoms with van der Waals surface area (Å²) in [5.74, 6) is -0.229. The summed E-state index contributed by atoms with van der Waals surface area (Å²) < 4.78 is 0.984. The van der Waals surface area contributed by atoms with Crippen molar-refractivity contribution in [2.75, 3.05) is 11.1 Å². The van der Waals surface area contributed by atoms with E-state index >= 15 is 0 Å². The van der Waals surface area contributed by atoms with Gasteiger partial charge in [0.25, 0.3) is 5.91 Å². The predicted octanol–water partition coefficient (Wildman–Crippen LogP) is 4.55. The van der Waals surface area contributed by atoms with Crippen LogP contribution in [0.4, 0.5) is 11.4 Å². The average Bonchev–Trinajstić information content (AvgIpc) is 2.32. The van der Waals surface area contributed by atoms with Crippen molar-refractivity contribution >= 4 is 44.8 Å². The Hall–Kier alpha value is -1.52. The fraction of sp³-hybridized carbons (Fsp3) is 0.133. The molecule has 0 atom stereocenters. The van der Waals surface area contributed by atoms with E-state index in [9.17, 15) is 4.79 Å². The first kappa shape index (κ1) is 14.9. The highest BCUT2D eigenvalue weighted by atomic mass is 79.9. The number of nitrogen functional groups attached to an aromatic ring is 1. The molecule has 0 aliphatic heterocycles. The van der Waals surface area contributed by atoms with Crippen LogP contribution in [0.3, 0.4) is 0 Å². The lowest BCUT2D eigenvalue weighted by Gasteiger charge is -2.13. The smallest absolute Gasteiger partial charge is 0.255 e. The second-order valence-corrected chi connectivity index (χ2v) is 5.99. The lowest BCUT2D eigenvalue weighted by Crippen LogP contribution is -2.14. The van der Waals surface area contributed by atoms with Crippen molar-refractivity contribution in [2.24, 2.45) is 0 Å². The average molecular weight is 354 g/mol. The minimum absolute atomic E-state index is 0.229. The minimum Gasteiger partial charge on any atom is -0.399 e. The number of hydrogen-bond donors (Lipinski definition) is 2. The Morgan fingerprint density at radius 2 is 1.75 bits per heavy atom. The zero-order valence-corrected chi connectivity index (χ0v) is 13.5. The molecule has 0 aromatic heterocycles. The van der Waals surface area contributed by atoms with Crippen molar-refractivity contribution in [3.63, 3.8) is 0 Å². The molecule has 0 saturated heterocycles. The SMILES string of the molecule is Cc1cc(Br)cc(C)c1NC(=O)c1cc(N)cc(Cl)c1. The number of amides is 1. The molecule has 0 fully saturated rings. The number of halogens is 2. The molecule has 0 bridgehead atoms. The lowest BCUT2D eigenvalue weighted by molar-refractivity contribution is 0.102. The maximum atomic E-state index is 12.3. The van der Waals surface area contributed by atoms with Crippen molar-refractivity contribution < 1.29 is 4.79 Å².